The summed E-state index contributed by atoms with van der Waals surface area (Å²) in [6.45, 7) is 3.95. The lowest BCUT2D eigenvalue weighted by atomic mass is 9.94. The predicted molar refractivity (Wildman–Crippen MR) is 150 cm³/mol. The number of hydrogen-bond donors (Lipinski definition) is 1. The molecule has 0 saturated carbocycles. The number of ether oxygens (including phenoxy) is 3. The van der Waals surface area contributed by atoms with Crippen LogP contribution in [0.3, 0.4) is 0 Å². The van der Waals surface area contributed by atoms with Crippen molar-refractivity contribution in [1.29, 1.82) is 0 Å². The van der Waals surface area contributed by atoms with E-state index in [1.165, 1.54) is 18.1 Å². The lowest BCUT2D eigenvalue weighted by Gasteiger charge is -2.27. The molecule has 8 nitrogen and oxygen atoms in total. The molecule has 2 heterocycles. The van der Waals surface area contributed by atoms with E-state index in [-0.39, 0.29) is 24.0 Å². The summed E-state index contributed by atoms with van der Waals surface area (Å²) in [6, 6.07) is 18.2. The summed E-state index contributed by atoms with van der Waals surface area (Å²) in [5.41, 5.74) is 1.63. The summed E-state index contributed by atoms with van der Waals surface area (Å²) in [5, 5.41) is 12.1. The van der Waals surface area contributed by atoms with Crippen LogP contribution in [-0.4, -0.2) is 42.0 Å². The lowest BCUT2D eigenvalue weighted by Crippen LogP contribution is -2.30. The standard InChI is InChI=1S/C31H28ClNO7/c1-17(2)39-23-7-5-6-19(13-23)27-26(28(34)24-14-20-12-21(32)15-25(38-4)30(20)40-24)29(35)31(36)33(27)16-18-8-10-22(37-3)11-9-18/h5-15,17,27,35H,16H2,1-4H3. The topological polar surface area (TPSA) is 98.4 Å². The molecule has 5 rings (SSSR count). The van der Waals surface area contributed by atoms with Crippen LogP contribution in [0.4, 0.5) is 0 Å². The Morgan fingerprint density at radius 2 is 1.77 bits per heavy atom. The molecule has 40 heavy (non-hydrogen) atoms. The van der Waals surface area contributed by atoms with E-state index in [0.717, 1.165) is 5.56 Å². The molecule has 9 heteroatoms. The first-order chi connectivity index (χ1) is 19.2. The van der Waals surface area contributed by atoms with Gasteiger partial charge in [0, 0.05) is 23.0 Å². The number of rotatable bonds is 9. The molecule has 1 aromatic heterocycles. The Kier molecular flexibility index (Phi) is 7.45. The van der Waals surface area contributed by atoms with Gasteiger partial charge in [0.1, 0.15) is 11.5 Å². The van der Waals surface area contributed by atoms with E-state index in [0.29, 0.717) is 38.8 Å². The molecule has 1 aliphatic rings. The molecule has 0 spiro atoms. The summed E-state index contributed by atoms with van der Waals surface area (Å²) >= 11 is 6.20. The third-order valence-corrected chi connectivity index (χ3v) is 6.81. The number of halogens is 1. The van der Waals surface area contributed by atoms with Crippen molar-refractivity contribution in [2.45, 2.75) is 32.5 Å². The molecule has 4 aromatic rings. The number of nitrogens with zero attached hydrogens (tertiary/aromatic N) is 1. The van der Waals surface area contributed by atoms with Crippen LogP contribution in [0, 0.1) is 0 Å². The van der Waals surface area contributed by atoms with Crippen LogP contribution in [0.1, 0.15) is 41.6 Å². The van der Waals surface area contributed by atoms with Gasteiger partial charge in [-0.05, 0) is 61.4 Å². The Labute approximate surface area is 236 Å². The minimum atomic E-state index is -0.906. The number of Topliss-reactive ketones (excluding diaryl/α,β-unsaturated/α-hetero) is 1. The van der Waals surface area contributed by atoms with Crippen LogP contribution in [0.5, 0.6) is 17.2 Å². The average Bonchev–Trinajstić information content (AvgIpc) is 3.47. The van der Waals surface area contributed by atoms with Gasteiger partial charge in [0.2, 0.25) is 5.78 Å². The number of amides is 1. The Bertz CT molecular complexity index is 1620. The Morgan fingerprint density at radius 1 is 1.02 bits per heavy atom. The zero-order chi connectivity index (χ0) is 28.6. The number of benzene rings is 3. The van der Waals surface area contributed by atoms with Crippen LogP contribution in [0.15, 0.2) is 82.5 Å². The van der Waals surface area contributed by atoms with Crippen LogP contribution >= 0.6 is 11.6 Å². The van der Waals surface area contributed by atoms with Gasteiger partial charge in [-0.15, -0.1) is 0 Å². The minimum Gasteiger partial charge on any atom is -0.503 e. The van der Waals surface area contributed by atoms with Crippen LogP contribution in [0.25, 0.3) is 11.0 Å². The molecule has 1 N–H and O–H groups in total. The van der Waals surface area contributed by atoms with Gasteiger partial charge in [0.05, 0.1) is 31.9 Å². The third kappa shape index (κ3) is 5.10. The first-order valence-electron chi connectivity index (χ1n) is 12.7. The molecule has 0 aliphatic carbocycles. The third-order valence-electron chi connectivity index (χ3n) is 6.60. The Hall–Kier alpha value is -4.43. The Balaban J connectivity index is 1.60. The monoisotopic (exact) mass is 561 g/mol. The van der Waals surface area contributed by atoms with Crippen molar-refractivity contribution in [3.63, 3.8) is 0 Å². The van der Waals surface area contributed by atoms with Gasteiger partial charge in [0.25, 0.3) is 5.91 Å². The van der Waals surface area contributed by atoms with Crippen molar-refractivity contribution in [1.82, 2.24) is 4.90 Å². The van der Waals surface area contributed by atoms with E-state index >= 15 is 0 Å². The molecule has 0 bridgehead atoms. The second kappa shape index (κ2) is 11.0. The quantitative estimate of drug-likeness (QED) is 0.228. The number of furan rings is 1. The average molecular weight is 562 g/mol. The SMILES string of the molecule is COc1ccc(CN2C(=O)C(O)=C(C(=O)c3cc4cc(Cl)cc(OC)c4o3)C2c2cccc(OC(C)C)c2)cc1. The highest BCUT2D eigenvalue weighted by Gasteiger charge is 2.44. The summed E-state index contributed by atoms with van der Waals surface area (Å²) in [6.07, 6.45) is -0.0849. The van der Waals surface area contributed by atoms with E-state index < -0.39 is 23.5 Å². The molecule has 1 aliphatic heterocycles. The van der Waals surface area contributed by atoms with Gasteiger partial charge >= 0.3 is 0 Å². The number of methoxy groups -OCH3 is 2. The van der Waals surface area contributed by atoms with Gasteiger partial charge in [-0.25, -0.2) is 0 Å². The van der Waals surface area contributed by atoms with E-state index in [4.69, 9.17) is 30.2 Å². The van der Waals surface area contributed by atoms with Crippen LogP contribution < -0.4 is 14.2 Å². The normalized spacial score (nSPS) is 15.3. The molecule has 0 saturated heterocycles. The van der Waals surface area contributed by atoms with Crippen LogP contribution in [0.2, 0.25) is 5.02 Å². The van der Waals surface area contributed by atoms with Gasteiger partial charge in [0.15, 0.2) is 22.9 Å². The first-order valence-corrected chi connectivity index (χ1v) is 13.0. The predicted octanol–water partition coefficient (Wildman–Crippen LogP) is 6.67. The maximum atomic E-state index is 14.0. The fraction of sp³-hybridized carbons (Fsp3) is 0.226. The van der Waals surface area contributed by atoms with Crippen molar-refractivity contribution >= 4 is 34.3 Å². The van der Waals surface area contributed by atoms with Gasteiger partial charge in [-0.3, -0.25) is 9.59 Å². The first kappa shape index (κ1) is 27.1. The number of hydrogen-bond acceptors (Lipinski definition) is 7. The zero-order valence-electron chi connectivity index (χ0n) is 22.4. The van der Waals surface area contributed by atoms with Crippen molar-refractivity contribution < 1.29 is 33.3 Å². The molecule has 206 valence electrons. The maximum Gasteiger partial charge on any atom is 0.290 e. The zero-order valence-corrected chi connectivity index (χ0v) is 23.2. The van der Waals surface area contributed by atoms with Gasteiger partial charge in [-0.2, -0.15) is 0 Å². The van der Waals surface area contributed by atoms with Crippen molar-refractivity contribution in [2.75, 3.05) is 14.2 Å². The fourth-order valence-corrected chi connectivity index (χ4v) is 5.05. The molecule has 0 radical (unpaired) electrons. The Morgan fingerprint density at radius 3 is 2.45 bits per heavy atom. The summed E-state index contributed by atoms with van der Waals surface area (Å²) in [7, 11) is 3.04. The van der Waals surface area contributed by atoms with E-state index in [9.17, 15) is 14.7 Å². The number of carbonyl (C=O) groups is 2. The van der Waals surface area contributed by atoms with Crippen molar-refractivity contribution in [3.05, 3.63) is 100.0 Å². The van der Waals surface area contributed by atoms with E-state index in [1.54, 1.807) is 55.6 Å². The number of aliphatic hydroxyl groups excluding tert-OH is 1. The molecular weight excluding hydrogens is 534 g/mol. The van der Waals surface area contributed by atoms with Crippen LogP contribution in [-0.2, 0) is 11.3 Å². The maximum absolute atomic E-state index is 14.0. The number of aliphatic hydroxyl groups is 1. The summed E-state index contributed by atoms with van der Waals surface area (Å²) in [4.78, 5) is 28.9. The molecular formula is C31H28ClNO7. The molecule has 0 fully saturated rings. The molecule has 1 atom stereocenters. The van der Waals surface area contributed by atoms with Gasteiger partial charge < -0.3 is 28.6 Å². The summed E-state index contributed by atoms with van der Waals surface area (Å²) in [5.74, 6) is -0.387. The molecule has 3 aromatic carbocycles. The number of carbonyl (C=O) groups excluding carboxylic acids is 2. The van der Waals surface area contributed by atoms with Crippen molar-refractivity contribution in [2.24, 2.45) is 0 Å². The summed E-state index contributed by atoms with van der Waals surface area (Å²) < 4.78 is 22.4. The molecule has 1 amide bonds. The minimum absolute atomic E-state index is 0.0594. The number of ketones is 1. The second-order valence-electron chi connectivity index (χ2n) is 9.65. The van der Waals surface area contributed by atoms with E-state index in [2.05, 4.69) is 0 Å². The highest BCUT2D eigenvalue weighted by atomic mass is 35.5. The van der Waals surface area contributed by atoms with E-state index in [1.807, 2.05) is 26.0 Å². The van der Waals surface area contributed by atoms with Gasteiger partial charge in [-0.1, -0.05) is 35.9 Å². The highest BCUT2D eigenvalue weighted by molar-refractivity contribution is 6.31. The molecule has 1 unspecified atom stereocenters. The highest BCUT2D eigenvalue weighted by Crippen LogP contribution is 2.42. The lowest BCUT2D eigenvalue weighted by molar-refractivity contribution is -0.130. The smallest absolute Gasteiger partial charge is 0.290 e. The number of fused-ring (bicyclic) bond motifs is 1. The fourth-order valence-electron chi connectivity index (χ4n) is 4.84. The largest absolute Gasteiger partial charge is 0.503 e. The second-order valence-corrected chi connectivity index (χ2v) is 10.1. The van der Waals surface area contributed by atoms with Crippen molar-refractivity contribution in [3.8, 4) is 17.2 Å².